The molecule has 2 aromatic rings. The molecule has 2 rings (SSSR count). The molecule has 0 fully saturated rings. The molecule has 1 amide bonds. The molecule has 0 aliphatic heterocycles. The molecule has 4 nitrogen and oxygen atoms in total. The second-order valence-corrected chi connectivity index (χ2v) is 6.11. The average molecular weight is 396 g/mol. The normalized spacial score (nSPS) is 10.4. The number of carbonyl (C=O) groups excluding carboxylic acids is 1. The molecule has 0 heterocycles. The van der Waals surface area contributed by atoms with Crippen LogP contribution in [0.3, 0.4) is 0 Å². The molecule has 0 aliphatic carbocycles. The second kappa shape index (κ2) is 8.15. The van der Waals surface area contributed by atoms with E-state index in [1.165, 1.54) is 18.1 Å². The number of ether oxygens (including phenoxy) is 2. The van der Waals surface area contributed by atoms with Crippen molar-refractivity contribution in [2.24, 2.45) is 0 Å². The molecular formula is C18H19BrFNO3. The van der Waals surface area contributed by atoms with Crippen LogP contribution in [0.4, 0.5) is 4.39 Å². The first-order valence-corrected chi connectivity index (χ1v) is 8.25. The molecule has 2 aromatic carbocycles. The van der Waals surface area contributed by atoms with Crippen molar-refractivity contribution in [3.8, 4) is 11.5 Å². The third-order valence-corrected chi connectivity index (χ3v) is 3.97. The highest BCUT2D eigenvalue weighted by Gasteiger charge is 2.16. The Bertz CT molecular complexity index is 736. The number of hydrogen-bond donors (Lipinski definition) is 0. The van der Waals surface area contributed by atoms with E-state index in [1.54, 1.807) is 37.4 Å². The molecule has 0 atom stereocenters. The predicted octanol–water partition coefficient (Wildman–Crippen LogP) is 4.27. The van der Waals surface area contributed by atoms with Gasteiger partial charge in [0.25, 0.3) is 5.91 Å². The molecule has 0 saturated carbocycles. The third kappa shape index (κ3) is 4.26. The molecule has 0 spiro atoms. The van der Waals surface area contributed by atoms with Crippen molar-refractivity contribution in [3.63, 3.8) is 0 Å². The van der Waals surface area contributed by atoms with E-state index in [0.29, 0.717) is 29.2 Å². The summed E-state index contributed by atoms with van der Waals surface area (Å²) in [5.74, 6) is 0.500. The number of hydrogen-bond acceptors (Lipinski definition) is 3. The summed E-state index contributed by atoms with van der Waals surface area (Å²) < 4.78 is 25.3. The smallest absolute Gasteiger partial charge is 0.254 e. The van der Waals surface area contributed by atoms with Crippen molar-refractivity contribution in [1.29, 1.82) is 0 Å². The largest absolute Gasteiger partial charge is 0.493 e. The van der Waals surface area contributed by atoms with Crippen LogP contribution in [0.1, 0.15) is 22.8 Å². The van der Waals surface area contributed by atoms with Crippen LogP contribution in [-0.2, 0) is 6.54 Å². The quantitative estimate of drug-likeness (QED) is 0.732. The molecule has 0 saturated heterocycles. The standard InChI is InChI=1S/C18H19BrFNO3/c1-4-24-16-8-5-12(10-17(16)23-3)18(22)21(2)11-13-9-14(19)6-7-15(13)20/h5-10H,4,11H2,1-3H3. The number of rotatable bonds is 6. The van der Waals surface area contributed by atoms with E-state index < -0.39 is 0 Å². The summed E-state index contributed by atoms with van der Waals surface area (Å²) in [5, 5.41) is 0. The van der Waals surface area contributed by atoms with E-state index in [-0.39, 0.29) is 18.3 Å². The van der Waals surface area contributed by atoms with Crippen LogP contribution < -0.4 is 9.47 Å². The Morgan fingerprint density at radius 2 is 1.96 bits per heavy atom. The zero-order valence-corrected chi connectivity index (χ0v) is 15.4. The first kappa shape index (κ1) is 18.3. The molecule has 0 aliphatic rings. The van der Waals surface area contributed by atoms with Gasteiger partial charge in [-0.15, -0.1) is 0 Å². The Morgan fingerprint density at radius 1 is 1.21 bits per heavy atom. The number of amides is 1. The SMILES string of the molecule is CCOc1ccc(C(=O)N(C)Cc2cc(Br)ccc2F)cc1OC. The lowest BCUT2D eigenvalue weighted by atomic mass is 10.1. The lowest BCUT2D eigenvalue weighted by Gasteiger charge is -2.19. The monoisotopic (exact) mass is 395 g/mol. The Morgan fingerprint density at radius 3 is 2.62 bits per heavy atom. The lowest BCUT2D eigenvalue weighted by Crippen LogP contribution is -2.26. The lowest BCUT2D eigenvalue weighted by molar-refractivity contribution is 0.0783. The van der Waals surface area contributed by atoms with E-state index >= 15 is 0 Å². The van der Waals surface area contributed by atoms with Gasteiger partial charge in [-0.05, 0) is 43.3 Å². The number of carbonyl (C=O) groups is 1. The zero-order chi connectivity index (χ0) is 17.7. The fraction of sp³-hybridized carbons (Fsp3) is 0.278. The first-order chi connectivity index (χ1) is 11.5. The fourth-order valence-electron chi connectivity index (χ4n) is 2.29. The van der Waals surface area contributed by atoms with Gasteiger partial charge in [0.2, 0.25) is 0 Å². The molecule has 24 heavy (non-hydrogen) atoms. The molecule has 0 unspecified atom stereocenters. The third-order valence-electron chi connectivity index (χ3n) is 3.47. The van der Waals surface area contributed by atoms with Crippen LogP contribution in [0.15, 0.2) is 40.9 Å². The summed E-state index contributed by atoms with van der Waals surface area (Å²) in [7, 11) is 3.15. The van der Waals surface area contributed by atoms with Gasteiger partial charge in [-0.2, -0.15) is 0 Å². The molecule has 0 bridgehead atoms. The van der Waals surface area contributed by atoms with Crippen molar-refractivity contribution in [2.45, 2.75) is 13.5 Å². The number of benzene rings is 2. The first-order valence-electron chi connectivity index (χ1n) is 7.46. The van der Waals surface area contributed by atoms with E-state index in [1.807, 2.05) is 6.92 Å². The van der Waals surface area contributed by atoms with Gasteiger partial charge in [0.05, 0.1) is 13.7 Å². The van der Waals surface area contributed by atoms with E-state index in [2.05, 4.69) is 15.9 Å². The van der Waals surface area contributed by atoms with Crippen LogP contribution in [0.2, 0.25) is 0 Å². The van der Waals surface area contributed by atoms with Crippen LogP contribution in [-0.4, -0.2) is 31.6 Å². The van der Waals surface area contributed by atoms with E-state index in [4.69, 9.17) is 9.47 Å². The van der Waals surface area contributed by atoms with Crippen molar-refractivity contribution < 1.29 is 18.7 Å². The van der Waals surface area contributed by atoms with Gasteiger partial charge < -0.3 is 14.4 Å². The minimum absolute atomic E-state index is 0.166. The topological polar surface area (TPSA) is 38.8 Å². The Kier molecular flexibility index (Phi) is 6.20. The Hall–Kier alpha value is -2.08. The maximum atomic E-state index is 13.9. The minimum atomic E-state index is -0.345. The molecule has 0 aromatic heterocycles. The van der Waals surface area contributed by atoms with E-state index in [0.717, 1.165) is 4.47 Å². The summed E-state index contributed by atoms with van der Waals surface area (Å²) in [6.45, 7) is 2.55. The summed E-state index contributed by atoms with van der Waals surface area (Å²) in [6.07, 6.45) is 0. The van der Waals surface area contributed by atoms with Crippen LogP contribution in [0.5, 0.6) is 11.5 Å². The predicted molar refractivity (Wildman–Crippen MR) is 94.1 cm³/mol. The maximum absolute atomic E-state index is 13.9. The van der Waals surface area contributed by atoms with Crippen molar-refractivity contribution in [1.82, 2.24) is 4.90 Å². The summed E-state index contributed by atoms with van der Waals surface area (Å²) >= 11 is 3.31. The van der Waals surface area contributed by atoms with Crippen molar-refractivity contribution >= 4 is 21.8 Å². The zero-order valence-electron chi connectivity index (χ0n) is 13.8. The maximum Gasteiger partial charge on any atom is 0.254 e. The number of nitrogens with zero attached hydrogens (tertiary/aromatic N) is 1. The van der Waals surface area contributed by atoms with Crippen LogP contribution in [0.25, 0.3) is 0 Å². The minimum Gasteiger partial charge on any atom is -0.493 e. The van der Waals surface area contributed by atoms with Gasteiger partial charge in [-0.3, -0.25) is 4.79 Å². The fourth-order valence-corrected chi connectivity index (χ4v) is 2.70. The van der Waals surface area contributed by atoms with Gasteiger partial charge in [-0.1, -0.05) is 15.9 Å². The molecule has 0 radical (unpaired) electrons. The highest BCUT2D eigenvalue weighted by atomic mass is 79.9. The van der Waals surface area contributed by atoms with Gasteiger partial charge in [0.15, 0.2) is 11.5 Å². The van der Waals surface area contributed by atoms with Gasteiger partial charge in [0, 0.05) is 29.2 Å². The summed E-state index contributed by atoms with van der Waals surface area (Å²) in [4.78, 5) is 14.0. The van der Waals surface area contributed by atoms with Crippen LogP contribution in [0, 0.1) is 5.82 Å². The molecular weight excluding hydrogens is 377 g/mol. The molecule has 0 N–H and O–H groups in total. The summed E-state index contributed by atoms with van der Waals surface area (Å²) in [5.41, 5.74) is 0.895. The van der Waals surface area contributed by atoms with Gasteiger partial charge in [-0.25, -0.2) is 4.39 Å². The van der Waals surface area contributed by atoms with E-state index in [9.17, 15) is 9.18 Å². The highest BCUT2D eigenvalue weighted by Crippen LogP contribution is 2.28. The van der Waals surface area contributed by atoms with Crippen LogP contribution >= 0.6 is 15.9 Å². The number of halogens is 2. The van der Waals surface area contributed by atoms with Gasteiger partial charge in [0.1, 0.15) is 5.82 Å². The van der Waals surface area contributed by atoms with Gasteiger partial charge >= 0.3 is 0 Å². The van der Waals surface area contributed by atoms with Crippen molar-refractivity contribution in [3.05, 3.63) is 57.8 Å². The summed E-state index contributed by atoms with van der Waals surface area (Å²) in [6, 6.07) is 9.65. The van der Waals surface area contributed by atoms with Crippen molar-refractivity contribution in [2.75, 3.05) is 20.8 Å². The average Bonchev–Trinajstić information content (AvgIpc) is 2.58. The Balaban J connectivity index is 2.19. The molecule has 6 heteroatoms. The Labute approximate surface area is 149 Å². The number of methoxy groups -OCH3 is 1. The molecule has 128 valence electrons. The highest BCUT2D eigenvalue weighted by molar-refractivity contribution is 9.10. The second-order valence-electron chi connectivity index (χ2n) is 5.20.